The number of piperazine rings is 1. The van der Waals surface area contributed by atoms with Crippen molar-refractivity contribution in [3.63, 3.8) is 0 Å². The Bertz CT molecular complexity index is 490. The number of nitrogens with one attached hydrogen (secondary N) is 1. The zero-order chi connectivity index (χ0) is 15.4. The normalized spacial score (nSPS) is 25.0. The zero-order valence-corrected chi connectivity index (χ0v) is 13.1. The van der Waals surface area contributed by atoms with Crippen LogP contribution in [0.2, 0.25) is 0 Å². The monoisotopic (exact) mass is 304 g/mol. The van der Waals surface area contributed by atoms with Crippen LogP contribution in [0, 0.1) is 0 Å². The van der Waals surface area contributed by atoms with Crippen LogP contribution in [-0.2, 0) is 9.53 Å². The van der Waals surface area contributed by atoms with Gasteiger partial charge in [0, 0.05) is 51.2 Å². The molecular formula is C16H24N4O2. The van der Waals surface area contributed by atoms with E-state index in [0.29, 0.717) is 32.3 Å². The molecule has 0 aromatic carbocycles. The Labute approximate surface area is 131 Å². The summed E-state index contributed by atoms with van der Waals surface area (Å²) in [5.41, 5.74) is 1.03. The summed E-state index contributed by atoms with van der Waals surface area (Å²) in [6, 6.07) is 4.02. The van der Waals surface area contributed by atoms with Gasteiger partial charge in [-0.1, -0.05) is 0 Å². The van der Waals surface area contributed by atoms with Crippen LogP contribution in [0.15, 0.2) is 24.5 Å². The van der Waals surface area contributed by atoms with Crippen molar-refractivity contribution in [2.24, 2.45) is 0 Å². The molecule has 6 nitrogen and oxygen atoms in total. The molecule has 0 aliphatic carbocycles. The van der Waals surface area contributed by atoms with Gasteiger partial charge in [-0.2, -0.15) is 0 Å². The highest BCUT2D eigenvalue weighted by atomic mass is 16.5. The van der Waals surface area contributed by atoms with E-state index in [1.165, 1.54) is 0 Å². The fourth-order valence-corrected chi connectivity index (χ4v) is 3.22. The predicted octanol–water partition coefficient (Wildman–Crippen LogP) is 0.275. The van der Waals surface area contributed by atoms with Crippen molar-refractivity contribution in [3.05, 3.63) is 30.1 Å². The number of hydrogen-bond donors (Lipinski definition) is 1. The van der Waals surface area contributed by atoms with E-state index in [4.69, 9.17) is 4.74 Å². The molecule has 2 aliphatic heterocycles. The second-order valence-electron chi connectivity index (χ2n) is 5.91. The fraction of sp³-hybridized carbons (Fsp3) is 0.625. The molecular weight excluding hydrogens is 280 g/mol. The minimum atomic E-state index is -0.224. The van der Waals surface area contributed by atoms with Gasteiger partial charge in [-0.25, -0.2) is 0 Å². The largest absolute Gasteiger partial charge is 0.378 e. The van der Waals surface area contributed by atoms with Crippen LogP contribution in [0.3, 0.4) is 0 Å². The lowest BCUT2D eigenvalue weighted by molar-refractivity contribution is -0.142. The maximum Gasteiger partial charge on any atom is 0.244 e. The second kappa shape index (κ2) is 7.17. The number of aromatic nitrogens is 1. The summed E-state index contributed by atoms with van der Waals surface area (Å²) in [5.74, 6) is 0.184. The standard InChI is InChI=1S/C16H24N4O2/c1-13-12-18-6-7-20(13)15(14-2-4-17-5-3-14)16(21)19-8-10-22-11-9-19/h2-5,13,15,18H,6-12H2,1H3. The summed E-state index contributed by atoms with van der Waals surface area (Å²) >= 11 is 0. The molecule has 120 valence electrons. The van der Waals surface area contributed by atoms with Crippen LogP contribution in [0.5, 0.6) is 0 Å². The summed E-state index contributed by atoms with van der Waals surface area (Å²) in [6.07, 6.45) is 3.53. The summed E-state index contributed by atoms with van der Waals surface area (Å²) in [5, 5.41) is 3.39. The number of rotatable bonds is 3. The first-order valence-corrected chi connectivity index (χ1v) is 8.00. The number of ether oxygens (including phenoxy) is 1. The number of amides is 1. The van der Waals surface area contributed by atoms with Gasteiger partial charge in [0.25, 0.3) is 0 Å². The molecule has 1 N–H and O–H groups in total. The molecule has 0 radical (unpaired) electrons. The number of carbonyl (C=O) groups excluding carboxylic acids is 1. The first kappa shape index (κ1) is 15.4. The lowest BCUT2D eigenvalue weighted by Gasteiger charge is -2.41. The van der Waals surface area contributed by atoms with Gasteiger partial charge in [0.15, 0.2) is 0 Å². The highest BCUT2D eigenvalue weighted by molar-refractivity contribution is 5.83. The van der Waals surface area contributed by atoms with Crippen molar-refractivity contribution in [2.45, 2.75) is 19.0 Å². The van der Waals surface area contributed by atoms with E-state index < -0.39 is 0 Å². The third kappa shape index (κ3) is 3.29. The van der Waals surface area contributed by atoms with Crippen molar-refractivity contribution < 1.29 is 9.53 Å². The molecule has 0 bridgehead atoms. The van der Waals surface area contributed by atoms with Crippen molar-refractivity contribution in [1.82, 2.24) is 20.1 Å². The van der Waals surface area contributed by atoms with Crippen LogP contribution >= 0.6 is 0 Å². The van der Waals surface area contributed by atoms with Crippen LogP contribution < -0.4 is 5.32 Å². The molecule has 0 spiro atoms. The van der Waals surface area contributed by atoms with Crippen LogP contribution in [0.4, 0.5) is 0 Å². The summed E-state index contributed by atoms with van der Waals surface area (Å²) in [4.78, 5) is 21.5. The van der Waals surface area contributed by atoms with E-state index in [1.807, 2.05) is 17.0 Å². The Balaban J connectivity index is 1.86. The molecule has 2 saturated heterocycles. The summed E-state index contributed by atoms with van der Waals surface area (Å²) in [7, 11) is 0. The smallest absolute Gasteiger partial charge is 0.244 e. The summed E-state index contributed by atoms with van der Waals surface area (Å²) in [6.45, 7) is 7.51. The molecule has 6 heteroatoms. The maximum atomic E-state index is 13.1. The van der Waals surface area contributed by atoms with E-state index in [2.05, 4.69) is 22.1 Å². The fourth-order valence-electron chi connectivity index (χ4n) is 3.22. The Morgan fingerprint density at radius 3 is 2.73 bits per heavy atom. The van der Waals surface area contributed by atoms with Crippen molar-refractivity contribution in [2.75, 3.05) is 45.9 Å². The first-order chi connectivity index (χ1) is 10.8. The van der Waals surface area contributed by atoms with Gasteiger partial charge in [-0.05, 0) is 24.6 Å². The third-order valence-electron chi connectivity index (χ3n) is 4.46. The molecule has 1 aromatic rings. The van der Waals surface area contributed by atoms with E-state index in [0.717, 1.165) is 25.2 Å². The van der Waals surface area contributed by atoms with Crippen LogP contribution in [0.25, 0.3) is 0 Å². The van der Waals surface area contributed by atoms with Gasteiger partial charge in [0.1, 0.15) is 6.04 Å². The minimum absolute atomic E-state index is 0.184. The van der Waals surface area contributed by atoms with Crippen LogP contribution in [-0.4, -0.2) is 72.7 Å². The van der Waals surface area contributed by atoms with Gasteiger partial charge in [0.2, 0.25) is 5.91 Å². The predicted molar refractivity (Wildman–Crippen MR) is 83.4 cm³/mol. The van der Waals surface area contributed by atoms with E-state index in [1.54, 1.807) is 12.4 Å². The highest BCUT2D eigenvalue weighted by Crippen LogP contribution is 2.26. The van der Waals surface area contributed by atoms with E-state index >= 15 is 0 Å². The molecule has 2 atom stereocenters. The summed E-state index contributed by atoms with van der Waals surface area (Å²) < 4.78 is 5.37. The number of morpholine rings is 1. The SMILES string of the molecule is CC1CNCCN1C(C(=O)N1CCOCC1)c1ccncc1. The van der Waals surface area contributed by atoms with Crippen molar-refractivity contribution in [3.8, 4) is 0 Å². The van der Waals surface area contributed by atoms with Gasteiger partial charge in [0.05, 0.1) is 13.2 Å². The Morgan fingerprint density at radius 2 is 2.05 bits per heavy atom. The number of nitrogens with zero attached hydrogens (tertiary/aromatic N) is 3. The molecule has 2 unspecified atom stereocenters. The molecule has 0 saturated carbocycles. The van der Waals surface area contributed by atoms with E-state index in [-0.39, 0.29) is 11.9 Å². The second-order valence-corrected chi connectivity index (χ2v) is 5.91. The molecule has 3 heterocycles. The quantitative estimate of drug-likeness (QED) is 0.869. The minimum Gasteiger partial charge on any atom is -0.378 e. The van der Waals surface area contributed by atoms with Crippen LogP contribution in [0.1, 0.15) is 18.5 Å². The lowest BCUT2D eigenvalue weighted by atomic mass is 10.0. The zero-order valence-electron chi connectivity index (χ0n) is 13.1. The Morgan fingerprint density at radius 1 is 1.32 bits per heavy atom. The Kier molecular flexibility index (Phi) is 5.02. The average Bonchev–Trinajstić information content (AvgIpc) is 2.58. The lowest BCUT2D eigenvalue weighted by Crippen LogP contribution is -2.55. The number of pyridine rings is 1. The first-order valence-electron chi connectivity index (χ1n) is 8.00. The molecule has 2 aliphatic rings. The van der Waals surface area contributed by atoms with Crippen molar-refractivity contribution >= 4 is 5.91 Å². The van der Waals surface area contributed by atoms with Gasteiger partial charge >= 0.3 is 0 Å². The van der Waals surface area contributed by atoms with Crippen molar-refractivity contribution in [1.29, 1.82) is 0 Å². The molecule has 1 amide bonds. The topological polar surface area (TPSA) is 57.7 Å². The highest BCUT2D eigenvalue weighted by Gasteiger charge is 2.35. The maximum absolute atomic E-state index is 13.1. The van der Waals surface area contributed by atoms with Gasteiger partial charge in [-0.3, -0.25) is 14.7 Å². The third-order valence-corrected chi connectivity index (χ3v) is 4.46. The molecule has 2 fully saturated rings. The van der Waals surface area contributed by atoms with Gasteiger partial charge < -0.3 is 15.0 Å². The molecule has 1 aromatic heterocycles. The number of hydrogen-bond acceptors (Lipinski definition) is 5. The number of carbonyl (C=O) groups is 1. The molecule has 3 rings (SSSR count). The van der Waals surface area contributed by atoms with Gasteiger partial charge in [-0.15, -0.1) is 0 Å². The van der Waals surface area contributed by atoms with E-state index in [9.17, 15) is 4.79 Å². The Hall–Kier alpha value is -1.50. The average molecular weight is 304 g/mol. The molecule has 22 heavy (non-hydrogen) atoms.